The van der Waals surface area contributed by atoms with E-state index in [0.29, 0.717) is 10.0 Å². The Balaban J connectivity index is 1.73. The zero-order valence-corrected chi connectivity index (χ0v) is 13.2. The van der Waals surface area contributed by atoms with Crippen molar-refractivity contribution in [1.29, 1.82) is 0 Å². The van der Waals surface area contributed by atoms with Crippen molar-refractivity contribution >= 4 is 45.6 Å². The topological polar surface area (TPSA) is 29.1 Å². The Hall–Kier alpha value is -2.03. The third-order valence-corrected chi connectivity index (χ3v) is 4.12. The van der Waals surface area contributed by atoms with Gasteiger partial charge in [-0.25, -0.2) is 0 Å². The van der Waals surface area contributed by atoms with Gasteiger partial charge in [-0.15, -0.1) is 0 Å². The second-order valence-electron chi connectivity index (χ2n) is 5.04. The van der Waals surface area contributed by atoms with Gasteiger partial charge in [0.05, 0.1) is 16.5 Å². The van der Waals surface area contributed by atoms with Crippen molar-refractivity contribution in [2.75, 3.05) is 5.32 Å². The molecular formula is C18H13Cl2NO. The molecule has 0 heterocycles. The molecule has 110 valence electrons. The van der Waals surface area contributed by atoms with E-state index in [-0.39, 0.29) is 12.3 Å². The number of anilines is 1. The van der Waals surface area contributed by atoms with Crippen molar-refractivity contribution in [1.82, 2.24) is 0 Å². The Bertz CT molecular complexity index is 845. The summed E-state index contributed by atoms with van der Waals surface area (Å²) in [5.41, 5.74) is 1.61. The normalized spacial score (nSPS) is 10.6. The third-order valence-electron chi connectivity index (χ3n) is 3.38. The number of carbonyl (C=O) groups excluding carboxylic acids is 1. The van der Waals surface area contributed by atoms with Crippen molar-refractivity contribution in [3.8, 4) is 0 Å². The van der Waals surface area contributed by atoms with Crippen LogP contribution in [0.5, 0.6) is 0 Å². The van der Waals surface area contributed by atoms with E-state index in [0.717, 1.165) is 22.0 Å². The van der Waals surface area contributed by atoms with Crippen LogP contribution in [-0.2, 0) is 11.2 Å². The fourth-order valence-electron chi connectivity index (χ4n) is 2.31. The van der Waals surface area contributed by atoms with E-state index < -0.39 is 0 Å². The van der Waals surface area contributed by atoms with Crippen LogP contribution in [0.15, 0.2) is 60.7 Å². The minimum atomic E-state index is -0.0892. The molecule has 0 aliphatic rings. The van der Waals surface area contributed by atoms with Crippen LogP contribution in [0.25, 0.3) is 10.8 Å². The smallest absolute Gasteiger partial charge is 0.228 e. The van der Waals surface area contributed by atoms with Crippen LogP contribution in [0.1, 0.15) is 5.56 Å². The standard InChI is InChI=1S/C18H13Cl2NO/c19-16-8-5-12(9-17(16)20)10-18(22)21-15-7-6-13-3-1-2-4-14(13)11-15/h1-9,11H,10H2,(H,21,22). The lowest BCUT2D eigenvalue weighted by Gasteiger charge is -2.07. The first-order valence-electron chi connectivity index (χ1n) is 6.84. The maximum atomic E-state index is 12.1. The van der Waals surface area contributed by atoms with Crippen LogP contribution in [-0.4, -0.2) is 5.91 Å². The van der Waals surface area contributed by atoms with Crippen molar-refractivity contribution in [3.63, 3.8) is 0 Å². The average molecular weight is 330 g/mol. The van der Waals surface area contributed by atoms with E-state index in [2.05, 4.69) is 5.32 Å². The molecule has 0 aliphatic carbocycles. The van der Waals surface area contributed by atoms with Gasteiger partial charge < -0.3 is 5.32 Å². The maximum absolute atomic E-state index is 12.1. The fraction of sp³-hybridized carbons (Fsp3) is 0.0556. The molecule has 4 heteroatoms. The Morgan fingerprint density at radius 3 is 2.41 bits per heavy atom. The van der Waals surface area contributed by atoms with E-state index in [4.69, 9.17) is 23.2 Å². The van der Waals surface area contributed by atoms with Crippen molar-refractivity contribution in [2.45, 2.75) is 6.42 Å². The lowest BCUT2D eigenvalue weighted by atomic mass is 10.1. The minimum Gasteiger partial charge on any atom is -0.326 e. The van der Waals surface area contributed by atoms with E-state index in [9.17, 15) is 4.79 Å². The molecule has 3 aromatic carbocycles. The van der Waals surface area contributed by atoms with Gasteiger partial charge in [-0.1, -0.05) is 59.6 Å². The fourth-order valence-corrected chi connectivity index (χ4v) is 2.63. The molecule has 3 aromatic rings. The summed E-state index contributed by atoms with van der Waals surface area (Å²) >= 11 is 11.8. The van der Waals surface area contributed by atoms with Crippen LogP contribution in [0.2, 0.25) is 10.0 Å². The van der Waals surface area contributed by atoms with Gasteiger partial charge in [0.15, 0.2) is 0 Å². The first-order valence-corrected chi connectivity index (χ1v) is 7.60. The summed E-state index contributed by atoms with van der Waals surface area (Å²) in [6.45, 7) is 0. The Labute approximate surface area is 138 Å². The summed E-state index contributed by atoms with van der Waals surface area (Å²) in [6, 6.07) is 19.1. The van der Waals surface area contributed by atoms with Gasteiger partial charge >= 0.3 is 0 Å². The average Bonchev–Trinajstić information content (AvgIpc) is 2.51. The number of nitrogens with one attached hydrogen (secondary N) is 1. The largest absolute Gasteiger partial charge is 0.326 e. The van der Waals surface area contributed by atoms with Gasteiger partial charge in [-0.3, -0.25) is 4.79 Å². The summed E-state index contributed by atoms with van der Waals surface area (Å²) in [4.78, 5) is 12.1. The summed E-state index contributed by atoms with van der Waals surface area (Å²) in [6.07, 6.45) is 0.254. The highest BCUT2D eigenvalue weighted by molar-refractivity contribution is 6.42. The number of hydrogen-bond donors (Lipinski definition) is 1. The molecule has 0 radical (unpaired) electrons. The van der Waals surface area contributed by atoms with Gasteiger partial charge in [0.2, 0.25) is 5.91 Å². The Morgan fingerprint density at radius 2 is 1.64 bits per heavy atom. The molecule has 2 nitrogen and oxygen atoms in total. The third kappa shape index (κ3) is 3.41. The van der Waals surface area contributed by atoms with Crippen LogP contribution >= 0.6 is 23.2 Å². The summed E-state index contributed by atoms with van der Waals surface area (Å²) in [5.74, 6) is -0.0892. The molecule has 0 bridgehead atoms. The molecule has 1 amide bonds. The second-order valence-corrected chi connectivity index (χ2v) is 5.85. The number of fused-ring (bicyclic) bond motifs is 1. The van der Waals surface area contributed by atoms with Gasteiger partial charge in [-0.05, 0) is 40.6 Å². The number of carbonyl (C=O) groups is 1. The molecule has 0 atom stereocenters. The molecule has 0 aromatic heterocycles. The highest BCUT2D eigenvalue weighted by Crippen LogP contribution is 2.23. The summed E-state index contributed by atoms with van der Waals surface area (Å²) in [5, 5.41) is 6.08. The van der Waals surface area contributed by atoms with Crippen LogP contribution in [0.4, 0.5) is 5.69 Å². The predicted molar refractivity (Wildman–Crippen MR) is 92.7 cm³/mol. The van der Waals surface area contributed by atoms with E-state index in [1.54, 1.807) is 18.2 Å². The second kappa shape index (κ2) is 6.39. The first-order chi connectivity index (χ1) is 10.6. The SMILES string of the molecule is O=C(Cc1ccc(Cl)c(Cl)c1)Nc1ccc2ccccc2c1. The number of hydrogen-bond acceptors (Lipinski definition) is 1. The number of amides is 1. The monoisotopic (exact) mass is 329 g/mol. The van der Waals surface area contributed by atoms with Gasteiger partial charge in [0.1, 0.15) is 0 Å². The Kier molecular flexibility index (Phi) is 4.32. The van der Waals surface area contributed by atoms with Gasteiger partial charge in [0, 0.05) is 5.69 Å². The molecule has 0 spiro atoms. The van der Waals surface area contributed by atoms with Crippen molar-refractivity contribution < 1.29 is 4.79 Å². The summed E-state index contributed by atoms with van der Waals surface area (Å²) < 4.78 is 0. The number of benzene rings is 3. The highest BCUT2D eigenvalue weighted by Gasteiger charge is 2.06. The van der Waals surface area contributed by atoms with Crippen LogP contribution in [0, 0.1) is 0 Å². The molecule has 0 unspecified atom stereocenters. The predicted octanol–water partition coefficient (Wildman–Crippen LogP) is 5.33. The lowest BCUT2D eigenvalue weighted by molar-refractivity contribution is -0.115. The minimum absolute atomic E-state index is 0.0892. The summed E-state index contributed by atoms with van der Waals surface area (Å²) in [7, 11) is 0. The van der Waals surface area contributed by atoms with E-state index in [1.165, 1.54) is 0 Å². The quantitative estimate of drug-likeness (QED) is 0.691. The first kappa shape index (κ1) is 14.9. The van der Waals surface area contributed by atoms with E-state index >= 15 is 0 Å². The van der Waals surface area contributed by atoms with Gasteiger partial charge in [0.25, 0.3) is 0 Å². The zero-order valence-electron chi connectivity index (χ0n) is 11.6. The molecule has 0 aliphatic heterocycles. The van der Waals surface area contributed by atoms with Crippen LogP contribution < -0.4 is 5.32 Å². The Morgan fingerprint density at radius 1 is 0.864 bits per heavy atom. The van der Waals surface area contributed by atoms with Crippen molar-refractivity contribution in [3.05, 3.63) is 76.3 Å². The van der Waals surface area contributed by atoms with E-state index in [1.807, 2.05) is 42.5 Å². The number of halogens is 2. The molecular weight excluding hydrogens is 317 g/mol. The van der Waals surface area contributed by atoms with Crippen molar-refractivity contribution in [2.24, 2.45) is 0 Å². The maximum Gasteiger partial charge on any atom is 0.228 e. The molecule has 0 saturated carbocycles. The number of rotatable bonds is 3. The molecule has 1 N–H and O–H groups in total. The molecule has 3 rings (SSSR count). The zero-order chi connectivity index (χ0) is 15.5. The van der Waals surface area contributed by atoms with Crippen LogP contribution in [0.3, 0.4) is 0 Å². The van der Waals surface area contributed by atoms with Gasteiger partial charge in [-0.2, -0.15) is 0 Å². The lowest BCUT2D eigenvalue weighted by Crippen LogP contribution is -2.14. The highest BCUT2D eigenvalue weighted by atomic mass is 35.5. The molecule has 0 saturated heterocycles. The molecule has 22 heavy (non-hydrogen) atoms. The molecule has 0 fully saturated rings.